The highest BCUT2D eigenvalue weighted by molar-refractivity contribution is 6.58. The van der Waals surface area contributed by atoms with Crippen molar-refractivity contribution in [2.24, 2.45) is 17.8 Å². The molecule has 3 aromatic rings. The maximum absolute atomic E-state index is 14.5. The van der Waals surface area contributed by atoms with E-state index in [9.17, 15) is 28.7 Å². The predicted octanol–water partition coefficient (Wildman–Crippen LogP) is 5.77. The number of methoxy groups -OCH3 is 1. The molecular formula is C39H36Cl2FN3O6. The molecule has 12 heteroatoms. The molecule has 9 nitrogen and oxygen atoms in total. The van der Waals surface area contributed by atoms with Crippen LogP contribution in [-0.2, 0) is 25.7 Å². The van der Waals surface area contributed by atoms with E-state index >= 15 is 0 Å². The molecule has 0 aromatic heterocycles. The summed E-state index contributed by atoms with van der Waals surface area (Å²) in [4.78, 5) is 58.2. The Morgan fingerprint density at radius 1 is 0.902 bits per heavy atom. The second-order valence-electron chi connectivity index (χ2n) is 14.2. The second kappa shape index (κ2) is 12.5. The molecule has 1 N–H and O–H groups in total. The van der Waals surface area contributed by atoms with Crippen LogP contribution in [0.25, 0.3) is 0 Å². The van der Waals surface area contributed by atoms with Gasteiger partial charge in [-0.05, 0) is 79.1 Å². The van der Waals surface area contributed by atoms with E-state index in [0.717, 1.165) is 36.7 Å². The standard InChI is InChI=1S/C39H36Cl2FN3O6/c1-51-31-19-23(7-14-30(31)46)33-27-12-13-28-32(35(48)44(34(28)47)26-15-17-43(18-16-26)21-22-5-3-2-4-6-22)29(27)20-38(40)36(49)45(37(50)39(33,38)41)25-10-8-24(42)9-11-25/h2-12,14,19,26,28-29,32-33,46H,13,15-18,20-21H2,1H3. The SMILES string of the molecule is COc1cc(C2C3=CCC4C(=O)N(C5CCN(Cc6ccccc6)CC5)C(=O)C4C3CC3(Cl)C(=O)N(c4ccc(F)cc4)C(=O)C23Cl)ccc1O. The minimum absolute atomic E-state index is 0.106. The summed E-state index contributed by atoms with van der Waals surface area (Å²) in [6.45, 7) is 2.26. The molecule has 6 atom stereocenters. The Balaban J connectivity index is 1.16. The first-order chi connectivity index (χ1) is 24.5. The zero-order valence-electron chi connectivity index (χ0n) is 27.8. The van der Waals surface area contributed by atoms with Crippen LogP contribution in [0.15, 0.2) is 84.4 Å². The maximum Gasteiger partial charge on any atom is 0.258 e. The van der Waals surface area contributed by atoms with Gasteiger partial charge in [0.05, 0.1) is 24.6 Å². The molecule has 6 unspecified atom stereocenters. The highest BCUT2D eigenvalue weighted by Crippen LogP contribution is 2.66. The number of allylic oxidation sites excluding steroid dienone is 2. The number of amides is 4. The van der Waals surface area contributed by atoms with Crippen LogP contribution in [0.4, 0.5) is 10.1 Å². The molecular weight excluding hydrogens is 696 g/mol. The number of piperidine rings is 1. The number of anilines is 1. The number of ether oxygens (including phenoxy) is 1. The fourth-order valence-corrected chi connectivity index (χ4v) is 10.1. The lowest BCUT2D eigenvalue weighted by Gasteiger charge is -2.50. The lowest BCUT2D eigenvalue weighted by Crippen LogP contribution is -2.60. The van der Waals surface area contributed by atoms with Gasteiger partial charge in [-0.15, -0.1) is 23.2 Å². The van der Waals surface area contributed by atoms with Crippen molar-refractivity contribution in [3.8, 4) is 11.5 Å². The number of phenols is 1. The van der Waals surface area contributed by atoms with E-state index in [1.54, 1.807) is 12.1 Å². The number of hydrogen-bond donors (Lipinski definition) is 1. The Bertz CT molecular complexity index is 1970. The summed E-state index contributed by atoms with van der Waals surface area (Å²) in [7, 11) is 1.39. The van der Waals surface area contributed by atoms with Crippen LogP contribution < -0.4 is 9.64 Å². The molecule has 1 saturated carbocycles. The highest BCUT2D eigenvalue weighted by Gasteiger charge is 2.76. The molecule has 3 heterocycles. The van der Waals surface area contributed by atoms with Crippen molar-refractivity contribution in [1.29, 1.82) is 0 Å². The van der Waals surface area contributed by atoms with Crippen LogP contribution in [0.2, 0.25) is 0 Å². The lowest BCUT2D eigenvalue weighted by molar-refractivity contribution is -0.144. The van der Waals surface area contributed by atoms with E-state index in [1.807, 2.05) is 24.3 Å². The molecule has 5 aliphatic rings. The van der Waals surface area contributed by atoms with Crippen LogP contribution >= 0.6 is 23.2 Å². The highest BCUT2D eigenvalue weighted by atomic mass is 35.5. The second-order valence-corrected chi connectivity index (χ2v) is 15.5. The van der Waals surface area contributed by atoms with Crippen LogP contribution in [0.1, 0.15) is 42.7 Å². The van der Waals surface area contributed by atoms with Gasteiger partial charge in [0, 0.05) is 31.6 Å². The van der Waals surface area contributed by atoms with Gasteiger partial charge in [-0.25, -0.2) is 9.29 Å². The number of hydrogen-bond acceptors (Lipinski definition) is 7. The van der Waals surface area contributed by atoms with Gasteiger partial charge in [0.2, 0.25) is 11.8 Å². The van der Waals surface area contributed by atoms with Crippen molar-refractivity contribution in [2.45, 2.75) is 53.9 Å². The third-order valence-electron chi connectivity index (χ3n) is 11.6. The molecule has 2 aliphatic carbocycles. The van der Waals surface area contributed by atoms with Gasteiger partial charge < -0.3 is 9.84 Å². The zero-order chi connectivity index (χ0) is 35.8. The Labute approximate surface area is 304 Å². The minimum Gasteiger partial charge on any atom is -0.504 e. The van der Waals surface area contributed by atoms with Crippen LogP contribution in [0.3, 0.4) is 0 Å². The molecule has 51 heavy (non-hydrogen) atoms. The largest absolute Gasteiger partial charge is 0.504 e. The van der Waals surface area contributed by atoms with E-state index < -0.39 is 51.1 Å². The van der Waals surface area contributed by atoms with E-state index in [-0.39, 0.29) is 47.9 Å². The molecule has 0 bridgehead atoms. The van der Waals surface area contributed by atoms with Crippen molar-refractivity contribution < 1.29 is 33.4 Å². The van der Waals surface area contributed by atoms with Crippen molar-refractivity contribution in [3.63, 3.8) is 0 Å². The van der Waals surface area contributed by atoms with Gasteiger partial charge >= 0.3 is 0 Å². The number of carbonyl (C=O) groups excluding carboxylic acids is 4. The van der Waals surface area contributed by atoms with Crippen LogP contribution in [0.5, 0.6) is 11.5 Å². The molecule has 3 aromatic carbocycles. The Hall–Kier alpha value is -4.25. The normalized spacial score (nSPS) is 31.0. The van der Waals surface area contributed by atoms with Gasteiger partial charge in [-0.3, -0.25) is 29.0 Å². The molecule has 4 amide bonds. The van der Waals surface area contributed by atoms with E-state index in [2.05, 4.69) is 17.0 Å². The van der Waals surface area contributed by atoms with Gasteiger partial charge in [0.1, 0.15) is 5.82 Å². The van der Waals surface area contributed by atoms with Gasteiger partial charge in [0.25, 0.3) is 11.8 Å². The predicted molar refractivity (Wildman–Crippen MR) is 188 cm³/mol. The number of benzene rings is 3. The van der Waals surface area contributed by atoms with Crippen LogP contribution in [0, 0.1) is 23.6 Å². The van der Waals surface area contributed by atoms with E-state index in [1.165, 1.54) is 35.8 Å². The molecule has 3 aliphatic heterocycles. The Morgan fingerprint density at radius 2 is 1.61 bits per heavy atom. The number of alkyl halides is 2. The minimum atomic E-state index is -2.08. The number of halogens is 3. The number of aromatic hydroxyl groups is 1. The van der Waals surface area contributed by atoms with Crippen molar-refractivity contribution >= 4 is 52.5 Å². The summed E-state index contributed by atoms with van der Waals surface area (Å²) < 4.78 is 19.3. The Kier molecular flexibility index (Phi) is 8.27. The monoisotopic (exact) mass is 731 g/mol. The quantitative estimate of drug-likeness (QED) is 0.195. The summed E-state index contributed by atoms with van der Waals surface area (Å²) in [5.74, 6) is -5.84. The fraction of sp³-hybridized carbons (Fsp3) is 0.385. The molecule has 8 rings (SSSR count). The maximum atomic E-state index is 14.5. The zero-order valence-corrected chi connectivity index (χ0v) is 29.3. The first kappa shape index (κ1) is 33.9. The van der Waals surface area contributed by atoms with Gasteiger partial charge in [0.15, 0.2) is 21.2 Å². The van der Waals surface area contributed by atoms with Crippen LogP contribution in [-0.4, -0.2) is 74.5 Å². The number of likely N-dealkylation sites (tertiary alicyclic amines) is 2. The van der Waals surface area contributed by atoms with Crippen molar-refractivity contribution in [2.75, 3.05) is 25.1 Å². The summed E-state index contributed by atoms with van der Waals surface area (Å²) >= 11 is 14.9. The third kappa shape index (κ3) is 5.04. The summed E-state index contributed by atoms with van der Waals surface area (Å²) in [6, 6.07) is 19.4. The van der Waals surface area contributed by atoms with Gasteiger partial charge in [-0.2, -0.15) is 0 Å². The molecule has 264 valence electrons. The van der Waals surface area contributed by atoms with E-state index in [0.29, 0.717) is 24.0 Å². The number of carbonyl (C=O) groups is 4. The third-order valence-corrected chi connectivity index (χ3v) is 13.1. The van der Waals surface area contributed by atoms with E-state index in [4.69, 9.17) is 27.9 Å². The average Bonchev–Trinajstić information content (AvgIpc) is 3.47. The number of phenolic OH excluding ortho intramolecular Hbond substituents is 1. The summed E-state index contributed by atoms with van der Waals surface area (Å²) in [6.07, 6.45) is 3.26. The summed E-state index contributed by atoms with van der Waals surface area (Å²) in [5, 5.41) is 10.5. The topological polar surface area (TPSA) is 107 Å². The number of rotatable bonds is 6. The lowest BCUT2D eigenvalue weighted by atomic mass is 9.56. The fourth-order valence-electron chi connectivity index (χ4n) is 9.21. The van der Waals surface area contributed by atoms with Crippen molar-refractivity contribution in [3.05, 3.63) is 101 Å². The van der Waals surface area contributed by atoms with Gasteiger partial charge in [-0.1, -0.05) is 48.0 Å². The first-order valence-electron chi connectivity index (χ1n) is 17.2. The molecule has 4 fully saturated rings. The number of nitrogens with zero attached hydrogens (tertiary/aromatic N) is 3. The number of imide groups is 2. The summed E-state index contributed by atoms with van der Waals surface area (Å²) in [5.41, 5.74) is 2.39. The van der Waals surface area contributed by atoms with Crippen molar-refractivity contribution in [1.82, 2.24) is 9.80 Å². The molecule has 0 spiro atoms. The number of fused-ring (bicyclic) bond motifs is 4. The smallest absolute Gasteiger partial charge is 0.258 e. The molecule has 0 radical (unpaired) electrons. The molecule has 3 saturated heterocycles. The Morgan fingerprint density at radius 3 is 2.29 bits per heavy atom. The first-order valence-corrected chi connectivity index (χ1v) is 18.0. The average molecular weight is 733 g/mol.